The second kappa shape index (κ2) is 3.94. The summed E-state index contributed by atoms with van der Waals surface area (Å²) in [6, 6.07) is 2.00. The van der Waals surface area contributed by atoms with E-state index in [0.717, 1.165) is 12.2 Å². The lowest BCUT2D eigenvalue weighted by Crippen LogP contribution is -2.60. The number of nitrogens with one attached hydrogen (secondary N) is 1. The number of β-amino-alcohol motifs (C(OH)–C–C–N with tert-alkyl or cyclic N) is 1. The van der Waals surface area contributed by atoms with Crippen LogP contribution in [0.5, 0.6) is 0 Å². The van der Waals surface area contributed by atoms with E-state index in [2.05, 4.69) is 24.3 Å². The Kier molecular flexibility index (Phi) is 2.80. The summed E-state index contributed by atoms with van der Waals surface area (Å²) in [5, 5.41) is 17.4. The van der Waals surface area contributed by atoms with E-state index in [-0.39, 0.29) is 0 Å². The molecule has 1 aromatic rings. The summed E-state index contributed by atoms with van der Waals surface area (Å²) in [4.78, 5) is 0. The van der Waals surface area contributed by atoms with Crippen LogP contribution in [0.4, 0.5) is 0 Å². The highest BCUT2D eigenvalue weighted by molar-refractivity contribution is 5.09. The molecule has 1 fully saturated rings. The molecule has 2 N–H and O–H groups in total. The molecular weight excluding hydrogens is 190 g/mol. The lowest BCUT2D eigenvalue weighted by atomic mass is 9.91. The van der Waals surface area contributed by atoms with Gasteiger partial charge in [0.25, 0.3) is 0 Å². The highest BCUT2D eigenvalue weighted by atomic mass is 16.3. The second-order valence-electron chi connectivity index (χ2n) is 4.90. The quantitative estimate of drug-likeness (QED) is 0.755. The number of aromatic nitrogens is 2. The lowest BCUT2D eigenvalue weighted by molar-refractivity contribution is -0.0108. The number of hydrogen-bond acceptors (Lipinski definition) is 3. The van der Waals surface area contributed by atoms with Gasteiger partial charge in [0.05, 0.1) is 5.60 Å². The molecule has 0 unspecified atom stereocenters. The molecule has 0 radical (unpaired) electrons. The van der Waals surface area contributed by atoms with Gasteiger partial charge in [0.15, 0.2) is 0 Å². The van der Waals surface area contributed by atoms with Crippen molar-refractivity contribution < 1.29 is 5.11 Å². The van der Waals surface area contributed by atoms with Crippen molar-refractivity contribution in [2.45, 2.75) is 32.4 Å². The van der Waals surface area contributed by atoms with E-state index in [1.165, 1.54) is 0 Å². The van der Waals surface area contributed by atoms with Crippen molar-refractivity contribution in [1.29, 1.82) is 0 Å². The largest absolute Gasteiger partial charge is 0.387 e. The smallest absolute Gasteiger partial charge is 0.0950 e. The van der Waals surface area contributed by atoms with Gasteiger partial charge in [-0.25, -0.2) is 0 Å². The van der Waals surface area contributed by atoms with Gasteiger partial charge in [-0.2, -0.15) is 5.10 Å². The summed E-state index contributed by atoms with van der Waals surface area (Å²) in [5.41, 5.74) is 0.585. The van der Waals surface area contributed by atoms with Gasteiger partial charge in [-0.05, 0) is 12.0 Å². The zero-order chi connectivity index (χ0) is 10.9. The molecule has 0 atom stereocenters. The van der Waals surface area contributed by atoms with Gasteiger partial charge in [-0.1, -0.05) is 13.8 Å². The summed E-state index contributed by atoms with van der Waals surface area (Å²) < 4.78 is 2.00. The van der Waals surface area contributed by atoms with Crippen LogP contribution in [0.2, 0.25) is 0 Å². The number of aliphatic hydroxyl groups is 1. The van der Waals surface area contributed by atoms with Crippen LogP contribution in [0, 0.1) is 5.92 Å². The zero-order valence-corrected chi connectivity index (χ0v) is 9.40. The van der Waals surface area contributed by atoms with Gasteiger partial charge in [0.2, 0.25) is 0 Å². The Morgan fingerprint density at radius 3 is 2.87 bits per heavy atom. The van der Waals surface area contributed by atoms with Crippen LogP contribution >= 0.6 is 0 Å². The molecule has 0 amide bonds. The third-order valence-corrected chi connectivity index (χ3v) is 2.76. The van der Waals surface area contributed by atoms with Crippen LogP contribution in [-0.2, 0) is 13.0 Å². The minimum Gasteiger partial charge on any atom is -0.387 e. The first-order chi connectivity index (χ1) is 7.09. The molecule has 84 valence electrons. The maximum Gasteiger partial charge on any atom is 0.0950 e. The Hall–Kier alpha value is -0.870. The molecule has 4 heteroatoms. The van der Waals surface area contributed by atoms with Crippen molar-refractivity contribution in [2.75, 3.05) is 13.1 Å². The Balaban J connectivity index is 2.04. The predicted octanol–water partition coefficient (Wildman–Crippen LogP) is 0.416. The molecule has 0 aromatic carbocycles. The van der Waals surface area contributed by atoms with Gasteiger partial charge in [0, 0.05) is 37.9 Å². The summed E-state index contributed by atoms with van der Waals surface area (Å²) in [7, 11) is 0. The minimum atomic E-state index is -0.547. The highest BCUT2D eigenvalue weighted by Crippen LogP contribution is 2.18. The van der Waals surface area contributed by atoms with Crippen LogP contribution in [0.1, 0.15) is 19.5 Å². The maximum absolute atomic E-state index is 10.0. The molecule has 15 heavy (non-hydrogen) atoms. The maximum atomic E-state index is 10.0. The first-order valence-electron chi connectivity index (χ1n) is 5.53. The molecule has 1 saturated heterocycles. The predicted molar refractivity (Wildman–Crippen MR) is 58.6 cm³/mol. The van der Waals surface area contributed by atoms with E-state index >= 15 is 0 Å². The van der Waals surface area contributed by atoms with E-state index < -0.39 is 5.60 Å². The number of rotatable bonds is 4. The summed E-state index contributed by atoms with van der Waals surface area (Å²) >= 11 is 0. The minimum absolute atomic E-state index is 0.547. The van der Waals surface area contributed by atoms with Crippen LogP contribution in [0.15, 0.2) is 12.3 Å². The third kappa shape index (κ3) is 2.38. The molecule has 0 saturated carbocycles. The van der Waals surface area contributed by atoms with E-state index in [1.807, 2.05) is 16.9 Å². The summed E-state index contributed by atoms with van der Waals surface area (Å²) in [6.07, 6.45) is 2.51. The molecule has 2 heterocycles. The molecule has 0 aliphatic carbocycles. The first-order valence-corrected chi connectivity index (χ1v) is 5.53. The van der Waals surface area contributed by atoms with Crippen molar-refractivity contribution in [1.82, 2.24) is 15.1 Å². The van der Waals surface area contributed by atoms with Crippen LogP contribution < -0.4 is 5.32 Å². The van der Waals surface area contributed by atoms with Crippen molar-refractivity contribution in [3.8, 4) is 0 Å². The fourth-order valence-electron chi connectivity index (χ4n) is 1.90. The molecule has 4 nitrogen and oxygen atoms in total. The van der Waals surface area contributed by atoms with Gasteiger partial charge < -0.3 is 10.4 Å². The molecule has 1 aliphatic rings. The van der Waals surface area contributed by atoms with E-state index in [1.54, 1.807) is 0 Å². The monoisotopic (exact) mass is 209 g/mol. The van der Waals surface area contributed by atoms with Crippen LogP contribution in [0.3, 0.4) is 0 Å². The van der Waals surface area contributed by atoms with Crippen LogP contribution in [-0.4, -0.2) is 33.6 Å². The van der Waals surface area contributed by atoms with Crippen molar-refractivity contribution in [2.24, 2.45) is 5.92 Å². The normalized spacial score (nSPS) is 19.2. The fourth-order valence-corrected chi connectivity index (χ4v) is 1.90. The summed E-state index contributed by atoms with van der Waals surface area (Å²) in [5.74, 6) is 0.581. The average Bonchev–Trinajstić information content (AvgIpc) is 2.49. The van der Waals surface area contributed by atoms with Gasteiger partial charge >= 0.3 is 0 Å². The van der Waals surface area contributed by atoms with Gasteiger partial charge in [-0.3, -0.25) is 4.68 Å². The molecule has 1 aliphatic heterocycles. The SMILES string of the molecule is CC(C)Cn1nccc1CC1(O)CNC1. The topological polar surface area (TPSA) is 50.1 Å². The van der Waals surface area contributed by atoms with Crippen LogP contribution in [0.25, 0.3) is 0 Å². The molecule has 0 bridgehead atoms. The molecule has 1 aromatic heterocycles. The first kappa shape index (κ1) is 10.6. The van der Waals surface area contributed by atoms with Crippen molar-refractivity contribution >= 4 is 0 Å². The lowest BCUT2D eigenvalue weighted by Gasteiger charge is -2.37. The van der Waals surface area contributed by atoms with E-state index in [4.69, 9.17) is 0 Å². The van der Waals surface area contributed by atoms with Gasteiger partial charge in [-0.15, -0.1) is 0 Å². The van der Waals surface area contributed by atoms with E-state index in [9.17, 15) is 5.11 Å². The zero-order valence-electron chi connectivity index (χ0n) is 9.40. The average molecular weight is 209 g/mol. The Labute approximate surface area is 90.3 Å². The van der Waals surface area contributed by atoms with Crippen molar-refractivity contribution in [3.05, 3.63) is 18.0 Å². The fraction of sp³-hybridized carbons (Fsp3) is 0.727. The second-order valence-corrected chi connectivity index (χ2v) is 4.90. The molecule has 2 rings (SSSR count). The summed E-state index contributed by atoms with van der Waals surface area (Å²) in [6.45, 7) is 6.65. The molecule has 0 spiro atoms. The standard InChI is InChI=1S/C11H19N3O/c1-9(2)6-14-10(3-4-13-14)5-11(15)7-12-8-11/h3-4,9,12,15H,5-8H2,1-2H3. The Bertz CT molecular complexity index is 328. The number of hydrogen-bond donors (Lipinski definition) is 2. The molecular formula is C11H19N3O. The highest BCUT2D eigenvalue weighted by Gasteiger charge is 2.35. The Morgan fingerprint density at radius 2 is 2.33 bits per heavy atom. The third-order valence-electron chi connectivity index (χ3n) is 2.76. The van der Waals surface area contributed by atoms with E-state index in [0.29, 0.717) is 25.4 Å². The number of nitrogens with zero attached hydrogens (tertiary/aromatic N) is 2. The van der Waals surface area contributed by atoms with Crippen molar-refractivity contribution in [3.63, 3.8) is 0 Å². The Morgan fingerprint density at radius 1 is 1.60 bits per heavy atom. The van der Waals surface area contributed by atoms with Gasteiger partial charge in [0.1, 0.15) is 0 Å².